The second kappa shape index (κ2) is 10.8. The molecule has 224 valence electrons. The van der Waals surface area contributed by atoms with Gasteiger partial charge in [0.15, 0.2) is 5.82 Å². The largest absolute Gasteiger partial charge is 0.461 e. The van der Waals surface area contributed by atoms with Gasteiger partial charge in [-0.25, -0.2) is 8.78 Å². The molecular weight excluding hydrogens is 547 g/mol. The van der Waals surface area contributed by atoms with Crippen LogP contribution in [0.15, 0.2) is 6.07 Å². The van der Waals surface area contributed by atoms with Crippen LogP contribution in [0.1, 0.15) is 59.7 Å². The maximum Gasteiger partial charge on any atom is 0.417 e. The number of aromatic nitrogens is 2. The number of anilines is 2. The first-order valence-corrected chi connectivity index (χ1v) is 14.2. The highest BCUT2D eigenvalue weighted by atomic mass is 19.4. The predicted molar refractivity (Wildman–Crippen MR) is 142 cm³/mol. The van der Waals surface area contributed by atoms with Crippen molar-refractivity contribution >= 4 is 11.5 Å². The second-order valence-corrected chi connectivity index (χ2v) is 11.6. The zero-order valence-electron chi connectivity index (χ0n) is 23.0. The van der Waals surface area contributed by atoms with Crippen LogP contribution in [0.5, 0.6) is 6.01 Å². The molecule has 4 aliphatic rings. The molecule has 13 heteroatoms. The minimum atomic E-state index is -4.80. The molecule has 3 saturated heterocycles. The van der Waals surface area contributed by atoms with E-state index in [1.54, 1.807) is 0 Å². The summed E-state index contributed by atoms with van der Waals surface area (Å²) in [6.07, 6.45) is -4.06. The lowest BCUT2D eigenvalue weighted by molar-refractivity contribution is -0.140. The summed E-state index contributed by atoms with van der Waals surface area (Å²) in [5, 5.41) is 3.35. The number of aryl methyl sites for hydroxylation is 1. The van der Waals surface area contributed by atoms with E-state index in [2.05, 4.69) is 20.1 Å². The highest BCUT2D eigenvalue weighted by molar-refractivity contribution is 5.55. The molecule has 6 rings (SSSR count). The maximum atomic E-state index is 15.3. The summed E-state index contributed by atoms with van der Waals surface area (Å²) >= 11 is 0. The van der Waals surface area contributed by atoms with Crippen LogP contribution in [0, 0.1) is 12.7 Å². The Kier molecular flexibility index (Phi) is 7.48. The third-order valence-electron chi connectivity index (χ3n) is 8.86. The van der Waals surface area contributed by atoms with E-state index in [1.807, 2.05) is 0 Å². The van der Waals surface area contributed by atoms with Gasteiger partial charge in [0, 0.05) is 50.1 Å². The van der Waals surface area contributed by atoms with Gasteiger partial charge < -0.3 is 25.4 Å². The number of halogens is 5. The summed E-state index contributed by atoms with van der Waals surface area (Å²) in [4.78, 5) is 13.6. The molecule has 8 nitrogen and oxygen atoms in total. The van der Waals surface area contributed by atoms with Gasteiger partial charge in [-0.05, 0) is 50.9 Å². The molecule has 41 heavy (non-hydrogen) atoms. The molecule has 1 aromatic carbocycles. The number of benzene rings is 1. The normalized spacial score (nSPS) is 27.0. The van der Waals surface area contributed by atoms with Crippen molar-refractivity contribution < 1.29 is 31.4 Å². The summed E-state index contributed by atoms with van der Waals surface area (Å²) < 4.78 is 84.0. The average Bonchev–Trinajstić information content (AvgIpc) is 3.29. The quantitative estimate of drug-likeness (QED) is 0.403. The zero-order chi connectivity index (χ0) is 28.9. The van der Waals surface area contributed by atoms with Crippen LogP contribution in [-0.2, 0) is 23.9 Å². The van der Waals surface area contributed by atoms with Crippen molar-refractivity contribution in [3.8, 4) is 6.01 Å². The molecule has 1 aromatic heterocycles. The number of nitrogens with zero attached hydrogens (tertiary/aromatic N) is 4. The minimum Gasteiger partial charge on any atom is -0.461 e. The smallest absolute Gasteiger partial charge is 0.417 e. The molecular formula is C28H35F5N6O2. The molecule has 0 saturated carbocycles. The van der Waals surface area contributed by atoms with Crippen molar-refractivity contribution in [1.82, 2.24) is 20.2 Å². The summed E-state index contributed by atoms with van der Waals surface area (Å²) in [7, 11) is 0. The first-order valence-electron chi connectivity index (χ1n) is 14.2. The van der Waals surface area contributed by atoms with Gasteiger partial charge in [0.2, 0.25) is 0 Å². The van der Waals surface area contributed by atoms with E-state index in [1.165, 1.54) is 6.92 Å². The second-order valence-electron chi connectivity index (χ2n) is 11.6. The molecule has 3 atom stereocenters. The molecule has 4 aliphatic heterocycles. The highest BCUT2D eigenvalue weighted by Crippen LogP contribution is 2.45. The van der Waals surface area contributed by atoms with Gasteiger partial charge in [0.25, 0.3) is 0 Å². The monoisotopic (exact) mass is 582 g/mol. The average molecular weight is 583 g/mol. The number of alkyl halides is 4. The maximum absolute atomic E-state index is 15.3. The number of nitrogens with two attached hydrogens (primary N) is 1. The van der Waals surface area contributed by atoms with Gasteiger partial charge >= 0.3 is 12.2 Å². The fraction of sp³-hybridized carbons (Fsp3) is 0.643. The minimum absolute atomic E-state index is 0.0837. The number of hydrogen-bond acceptors (Lipinski definition) is 8. The third-order valence-corrected chi connectivity index (χ3v) is 8.86. The van der Waals surface area contributed by atoms with Gasteiger partial charge in [-0.15, -0.1) is 0 Å². The Hall–Kier alpha value is -2.77. The van der Waals surface area contributed by atoms with E-state index < -0.39 is 40.9 Å². The fourth-order valence-corrected chi connectivity index (χ4v) is 6.97. The number of ether oxygens (including phenoxy) is 2. The fourth-order valence-electron chi connectivity index (χ4n) is 6.97. The van der Waals surface area contributed by atoms with Crippen molar-refractivity contribution in [3.05, 3.63) is 39.8 Å². The number of nitrogen functional groups attached to an aromatic ring is 1. The van der Waals surface area contributed by atoms with E-state index in [9.17, 15) is 17.6 Å². The summed E-state index contributed by atoms with van der Waals surface area (Å²) in [5.74, 6) is -0.536. The van der Waals surface area contributed by atoms with Gasteiger partial charge in [-0.2, -0.15) is 23.1 Å². The number of hydrogen-bond donors (Lipinski definition) is 2. The molecule has 0 bridgehead atoms. The first-order chi connectivity index (χ1) is 19.6. The molecule has 3 N–H and O–H groups in total. The third kappa shape index (κ3) is 5.32. The number of rotatable bonds is 5. The van der Waals surface area contributed by atoms with E-state index >= 15 is 4.39 Å². The highest BCUT2D eigenvalue weighted by Gasteiger charge is 2.49. The van der Waals surface area contributed by atoms with Crippen LogP contribution in [-0.4, -0.2) is 72.5 Å². The molecule has 0 radical (unpaired) electrons. The Balaban J connectivity index is 1.36. The zero-order valence-corrected chi connectivity index (χ0v) is 23.0. The van der Waals surface area contributed by atoms with Crippen LogP contribution < -0.4 is 20.7 Å². The van der Waals surface area contributed by atoms with Crippen molar-refractivity contribution in [3.63, 3.8) is 0 Å². The number of nitrogens with one attached hydrogen (secondary N) is 1. The van der Waals surface area contributed by atoms with E-state index in [-0.39, 0.29) is 36.9 Å². The molecule has 3 fully saturated rings. The SMILES string of the molecule is Cc1cc(N)c(F)c(C2Cc3nc(OC[C@@]45CCCN4C[C@H](F)C5)nc(N4CCCNCC4)c3CO2)c1C(F)(F)F. The van der Waals surface area contributed by atoms with Crippen molar-refractivity contribution in [2.45, 2.75) is 69.6 Å². The Bertz CT molecular complexity index is 1300. The molecule has 1 unspecified atom stereocenters. The van der Waals surface area contributed by atoms with Crippen LogP contribution >= 0.6 is 0 Å². The number of fused-ring (bicyclic) bond motifs is 2. The lowest BCUT2D eigenvalue weighted by Gasteiger charge is -2.33. The van der Waals surface area contributed by atoms with Gasteiger partial charge in [0.05, 0.1) is 35.2 Å². The summed E-state index contributed by atoms with van der Waals surface area (Å²) in [6.45, 7) is 5.53. The molecule has 0 aliphatic carbocycles. The predicted octanol–water partition coefficient (Wildman–Crippen LogP) is 4.09. The van der Waals surface area contributed by atoms with E-state index in [0.717, 1.165) is 45.0 Å². The summed E-state index contributed by atoms with van der Waals surface area (Å²) in [6, 6.07) is 1.08. The van der Waals surface area contributed by atoms with Gasteiger partial charge in [-0.1, -0.05) is 0 Å². The van der Waals surface area contributed by atoms with Crippen molar-refractivity contribution in [2.75, 3.05) is 56.5 Å². The summed E-state index contributed by atoms with van der Waals surface area (Å²) in [5.41, 5.74) is 4.21. The standard InChI is InChI=1S/C28H35F5N6O2/c1-16-10-19(34)24(30)22(23(16)28(31,32)33)21-11-20-18(14-40-21)25(38-7-3-5-35-6-9-38)37-26(36-20)41-15-27-4-2-8-39(27)13-17(29)12-27/h10,17,21,35H,2-9,11-15,34H2,1H3/t17-,21?,27+/m1/s1. The Labute approximate surface area is 235 Å². The first kappa shape index (κ1) is 28.4. The van der Waals surface area contributed by atoms with Crippen LogP contribution in [0.25, 0.3) is 0 Å². The van der Waals surface area contributed by atoms with Gasteiger partial charge in [0.1, 0.15) is 18.6 Å². The Morgan fingerprint density at radius 1 is 1.20 bits per heavy atom. The molecule has 0 amide bonds. The lowest BCUT2D eigenvalue weighted by Crippen LogP contribution is -2.43. The molecule has 5 heterocycles. The van der Waals surface area contributed by atoms with E-state index in [4.69, 9.17) is 20.2 Å². The van der Waals surface area contributed by atoms with Crippen molar-refractivity contribution in [2.24, 2.45) is 0 Å². The topological polar surface area (TPSA) is 88.8 Å². The molecule has 2 aromatic rings. The van der Waals surface area contributed by atoms with E-state index in [0.29, 0.717) is 43.1 Å². The van der Waals surface area contributed by atoms with Crippen molar-refractivity contribution in [1.29, 1.82) is 0 Å². The molecule has 0 spiro atoms. The Morgan fingerprint density at radius 3 is 2.83 bits per heavy atom. The van der Waals surface area contributed by atoms with Gasteiger partial charge in [-0.3, -0.25) is 4.90 Å². The van der Waals surface area contributed by atoms with Crippen LogP contribution in [0.3, 0.4) is 0 Å². The van der Waals surface area contributed by atoms with Crippen LogP contribution in [0.2, 0.25) is 0 Å². The lowest BCUT2D eigenvalue weighted by atomic mass is 9.91. The van der Waals surface area contributed by atoms with Crippen LogP contribution in [0.4, 0.5) is 33.5 Å². The Morgan fingerprint density at radius 2 is 2.02 bits per heavy atom.